The predicted octanol–water partition coefficient (Wildman–Crippen LogP) is 3.51. The van der Waals surface area contributed by atoms with Crippen molar-refractivity contribution < 1.29 is 14.5 Å². The highest BCUT2D eigenvalue weighted by molar-refractivity contribution is 5.96. The van der Waals surface area contributed by atoms with Gasteiger partial charge in [0.15, 0.2) is 0 Å². The first-order chi connectivity index (χ1) is 11.9. The lowest BCUT2D eigenvalue weighted by Gasteiger charge is -2.18. The van der Waals surface area contributed by atoms with Crippen LogP contribution in [0, 0.1) is 24.0 Å². The molecule has 2 aromatic rings. The molecule has 0 bridgehead atoms. The van der Waals surface area contributed by atoms with E-state index in [0.717, 1.165) is 16.7 Å². The number of aryl methyl sites for hydroxylation is 2. The van der Waals surface area contributed by atoms with Gasteiger partial charge in [0.25, 0.3) is 11.6 Å². The van der Waals surface area contributed by atoms with Crippen LogP contribution in [0.3, 0.4) is 0 Å². The van der Waals surface area contributed by atoms with Gasteiger partial charge in [0, 0.05) is 24.6 Å². The fourth-order valence-electron chi connectivity index (χ4n) is 3.01. The van der Waals surface area contributed by atoms with E-state index in [-0.39, 0.29) is 17.7 Å². The summed E-state index contributed by atoms with van der Waals surface area (Å²) < 4.78 is 5.84. The van der Waals surface area contributed by atoms with Crippen LogP contribution in [0.5, 0.6) is 5.75 Å². The monoisotopic (exact) mass is 340 g/mol. The topological polar surface area (TPSA) is 72.7 Å². The predicted molar refractivity (Wildman–Crippen MR) is 93.9 cm³/mol. The van der Waals surface area contributed by atoms with Crippen LogP contribution in [-0.4, -0.2) is 34.9 Å². The number of non-ortho nitro benzene ring substituents is 1. The molecule has 1 saturated heterocycles. The van der Waals surface area contributed by atoms with Crippen LogP contribution in [0.4, 0.5) is 5.69 Å². The molecule has 0 N–H and O–H groups in total. The zero-order valence-corrected chi connectivity index (χ0v) is 14.3. The number of carbonyl (C=O) groups excluding carboxylic acids is 1. The number of amides is 1. The highest BCUT2D eigenvalue weighted by atomic mass is 16.6. The van der Waals surface area contributed by atoms with Crippen LogP contribution < -0.4 is 4.74 Å². The minimum atomic E-state index is -0.447. The maximum absolute atomic E-state index is 12.7. The number of hydrogen-bond donors (Lipinski definition) is 0. The van der Waals surface area contributed by atoms with E-state index in [9.17, 15) is 14.9 Å². The smallest absolute Gasteiger partial charge is 0.273 e. The molecule has 0 aliphatic carbocycles. The van der Waals surface area contributed by atoms with E-state index in [4.69, 9.17) is 4.74 Å². The van der Waals surface area contributed by atoms with Gasteiger partial charge in [-0.1, -0.05) is 23.8 Å². The van der Waals surface area contributed by atoms with Gasteiger partial charge in [-0.05, 0) is 31.5 Å². The summed E-state index contributed by atoms with van der Waals surface area (Å²) in [5.74, 6) is 0.464. The number of ether oxygens (including phenoxy) is 1. The number of nitro benzene ring substituents is 1. The molecule has 1 aliphatic rings. The standard InChI is InChI=1S/C19H20N2O4/c1-13-6-7-14(2)18(10-13)19(22)20-9-8-17(12-20)25-16-5-3-4-15(11-16)21(23)24/h3-7,10-11,17H,8-9,12H2,1-2H3/t17-/m0/s1. The van der Waals surface area contributed by atoms with Gasteiger partial charge in [-0.2, -0.15) is 0 Å². The van der Waals surface area contributed by atoms with Crippen LogP contribution >= 0.6 is 0 Å². The number of nitrogens with zero attached hydrogens (tertiary/aromatic N) is 2. The third kappa shape index (κ3) is 3.79. The summed E-state index contributed by atoms with van der Waals surface area (Å²) >= 11 is 0. The van der Waals surface area contributed by atoms with E-state index in [1.54, 1.807) is 17.0 Å². The number of carbonyl (C=O) groups is 1. The van der Waals surface area contributed by atoms with Crippen LogP contribution in [0.2, 0.25) is 0 Å². The van der Waals surface area contributed by atoms with Crippen molar-refractivity contribution in [3.8, 4) is 5.75 Å². The van der Waals surface area contributed by atoms with E-state index < -0.39 is 4.92 Å². The molecule has 1 atom stereocenters. The molecule has 1 fully saturated rings. The summed E-state index contributed by atoms with van der Waals surface area (Å²) in [5.41, 5.74) is 2.73. The van der Waals surface area contributed by atoms with Crippen molar-refractivity contribution in [2.24, 2.45) is 0 Å². The van der Waals surface area contributed by atoms with Gasteiger partial charge in [-0.3, -0.25) is 14.9 Å². The first-order valence-electron chi connectivity index (χ1n) is 8.21. The van der Waals surface area contributed by atoms with Crippen molar-refractivity contribution in [2.75, 3.05) is 13.1 Å². The first-order valence-corrected chi connectivity index (χ1v) is 8.21. The van der Waals surface area contributed by atoms with Crippen LogP contribution in [0.25, 0.3) is 0 Å². The molecule has 6 heteroatoms. The Labute approximate surface area is 146 Å². The van der Waals surface area contributed by atoms with Crippen molar-refractivity contribution >= 4 is 11.6 Å². The molecule has 25 heavy (non-hydrogen) atoms. The van der Waals surface area contributed by atoms with E-state index in [0.29, 0.717) is 25.3 Å². The molecule has 0 saturated carbocycles. The number of benzene rings is 2. The Morgan fingerprint density at radius 1 is 1.24 bits per heavy atom. The summed E-state index contributed by atoms with van der Waals surface area (Å²) in [4.78, 5) is 24.9. The van der Waals surface area contributed by atoms with Crippen molar-refractivity contribution in [1.29, 1.82) is 0 Å². The molecule has 1 aliphatic heterocycles. The van der Waals surface area contributed by atoms with Gasteiger partial charge >= 0.3 is 0 Å². The Morgan fingerprint density at radius 2 is 2.04 bits per heavy atom. The van der Waals surface area contributed by atoms with Gasteiger partial charge in [-0.15, -0.1) is 0 Å². The molecule has 0 spiro atoms. The summed E-state index contributed by atoms with van der Waals surface area (Å²) in [6.45, 7) is 5.00. The minimum Gasteiger partial charge on any atom is -0.488 e. The van der Waals surface area contributed by atoms with Crippen molar-refractivity contribution in [3.05, 3.63) is 69.3 Å². The molecule has 6 nitrogen and oxygen atoms in total. The molecule has 0 aromatic heterocycles. The number of hydrogen-bond acceptors (Lipinski definition) is 4. The second-order valence-corrected chi connectivity index (χ2v) is 6.35. The van der Waals surface area contributed by atoms with E-state index in [1.807, 2.05) is 32.0 Å². The Morgan fingerprint density at radius 3 is 2.80 bits per heavy atom. The molecule has 1 heterocycles. The first kappa shape index (κ1) is 17.0. The van der Waals surface area contributed by atoms with E-state index >= 15 is 0 Å². The highest BCUT2D eigenvalue weighted by Gasteiger charge is 2.29. The summed E-state index contributed by atoms with van der Waals surface area (Å²) in [6, 6.07) is 12.0. The molecule has 3 rings (SSSR count). The number of rotatable bonds is 4. The maximum atomic E-state index is 12.7. The SMILES string of the molecule is Cc1ccc(C)c(C(=O)N2CC[C@H](Oc3cccc([N+](=O)[O-])c3)C2)c1. The Kier molecular flexibility index (Phi) is 4.70. The zero-order chi connectivity index (χ0) is 18.0. The molecule has 130 valence electrons. The second kappa shape index (κ2) is 6.93. The maximum Gasteiger partial charge on any atom is 0.273 e. The van der Waals surface area contributed by atoms with E-state index in [1.165, 1.54) is 12.1 Å². The van der Waals surface area contributed by atoms with Crippen LogP contribution in [-0.2, 0) is 0 Å². The Balaban J connectivity index is 1.67. The average Bonchev–Trinajstić information content (AvgIpc) is 3.05. The van der Waals surface area contributed by atoms with Gasteiger partial charge in [0.05, 0.1) is 17.5 Å². The zero-order valence-electron chi connectivity index (χ0n) is 14.3. The largest absolute Gasteiger partial charge is 0.488 e. The van der Waals surface area contributed by atoms with Crippen molar-refractivity contribution in [1.82, 2.24) is 4.90 Å². The summed E-state index contributed by atoms with van der Waals surface area (Å²) in [5, 5.41) is 10.8. The molecule has 2 aromatic carbocycles. The van der Waals surface area contributed by atoms with Crippen molar-refractivity contribution in [3.63, 3.8) is 0 Å². The van der Waals surface area contributed by atoms with Gasteiger partial charge < -0.3 is 9.64 Å². The lowest BCUT2D eigenvalue weighted by atomic mass is 10.0. The summed E-state index contributed by atoms with van der Waals surface area (Å²) in [7, 11) is 0. The summed E-state index contributed by atoms with van der Waals surface area (Å²) in [6.07, 6.45) is 0.551. The van der Waals surface area contributed by atoms with E-state index in [2.05, 4.69) is 0 Å². The average molecular weight is 340 g/mol. The van der Waals surface area contributed by atoms with Crippen LogP contribution in [0.15, 0.2) is 42.5 Å². The third-order valence-electron chi connectivity index (χ3n) is 4.39. The molecular weight excluding hydrogens is 320 g/mol. The number of likely N-dealkylation sites (tertiary alicyclic amines) is 1. The molecule has 0 radical (unpaired) electrons. The third-order valence-corrected chi connectivity index (χ3v) is 4.39. The number of nitro groups is 1. The van der Waals surface area contributed by atoms with Gasteiger partial charge in [0.2, 0.25) is 0 Å². The quantitative estimate of drug-likeness (QED) is 0.631. The minimum absolute atomic E-state index is 0.00110. The lowest BCUT2D eigenvalue weighted by Crippen LogP contribution is -2.31. The molecular formula is C19H20N2O4. The van der Waals surface area contributed by atoms with Crippen molar-refractivity contribution in [2.45, 2.75) is 26.4 Å². The van der Waals surface area contributed by atoms with Crippen LogP contribution in [0.1, 0.15) is 27.9 Å². The Hall–Kier alpha value is -2.89. The lowest BCUT2D eigenvalue weighted by molar-refractivity contribution is -0.384. The van der Waals surface area contributed by atoms with Gasteiger partial charge in [-0.25, -0.2) is 0 Å². The fourth-order valence-corrected chi connectivity index (χ4v) is 3.01. The highest BCUT2D eigenvalue weighted by Crippen LogP contribution is 2.24. The van der Waals surface area contributed by atoms with Gasteiger partial charge in [0.1, 0.15) is 11.9 Å². The second-order valence-electron chi connectivity index (χ2n) is 6.35. The fraction of sp³-hybridized carbons (Fsp3) is 0.316. The molecule has 0 unspecified atom stereocenters. The normalized spacial score (nSPS) is 16.7. The Bertz CT molecular complexity index is 819. The molecule has 1 amide bonds.